The zero-order chi connectivity index (χ0) is 24.0. The van der Waals surface area contributed by atoms with Crippen LogP contribution in [0.5, 0.6) is 0 Å². The van der Waals surface area contributed by atoms with Gasteiger partial charge in [0.1, 0.15) is 0 Å². The van der Waals surface area contributed by atoms with Gasteiger partial charge in [0.2, 0.25) is 0 Å². The van der Waals surface area contributed by atoms with Crippen LogP contribution in [0.2, 0.25) is 0 Å². The fourth-order valence-corrected chi connectivity index (χ4v) is 6.89. The summed E-state index contributed by atoms with van der Waals surface area (Å²) in [7, 11) is 0. The number of nitrogens with zero attached hydrogens (tertiary/aromatic N) is 1. The molecule has 0 aromatic heterocycles. The van der Waals surface area contributed by atoms with Gasteiger partial charge in [-0.05, 0) is 92.6 Å². The molecule has 2 fully saturated rings. The van der Waals surface area contributed by atoms with Crippen molar-refractivity contribution in [2.24, 2.45) is 23.7 Å². The van der Waals surface area contributed by atoms with Crippen LogP contribution in [0, 0.1) is 35.0 Å². The number of benzene rings is 1. The van der Waals surface area contributed by atoms with Crippen molar-refractivity contribution in [2.75, 3.05) is 0 Å². The van der Waals surface area contributed by atoms with Crippen LogP contribution < -0.4 is 0 Å². The summed E-state index contributed by atoms with van der Waals surface area (Å²) in [5, 5.41) is 9.96. The fraction of sp³-hybridized carbons (Fsp3) is 0.788. The van der Waals surface area contributed by atoms with E-state index < -0.39 is 0 Å². The van der Waals surface area contributed by atoms with Gasteiger partial charge in [0, 0.05) is 5.92 Å². The quantitative estimate of drug-likeness (QED) is 0.252. The Bertz CT molecular complexity index is 682. The largest absolute Gasteiger partial charge is 0.198 e. The van der Waals surface area contributed by atoms with Crippen molar-refractivity contribution in [1.82, 2.24) is 0 Å². The molecule has 2 saturated carbocycles. The van der Waals surface area contributed by atoms with E-state index in [4.69, 9.17) is 0 Å². The maximum absolute atomic E-state index is 9.96. The van der Waals surface area contributed by atoms with Crippen LogP contribution in [0.3, 0.4) is 0 Å². The average molecular weight is 464 g/mol. The minimum Gasteiger partial charge on any atom is -0.198 e. The van der Waals surface area contributed by atoms with Crippen molar-refractivity contribution in [2.45, 2.75) is 142 Å². The van der Waals surface area contributed by atoms with Crippen LogP contribution >= 0.6 is 0 Å². The van der Waals surface area contributed by atoms with Gasteiger partial charge in [-0.25, -0.2) is 0 Å². The highest BCUT2D eigenvalue weighted by molar-refractivity contribution is 5.26. The van der Waals surface area contributed by atoms with Crippen LogP contribution in [0.1, 0.15) is 146 Å². The molecule has 0 saturated heterocycles. The summed E-state index contributed by atoms with van der Waals surface area (Å²) in [6.45, 7) is 4.59. The Morgan fingerprint density at radius 2 is 1.35 bits per heavy atom. The molecule has 34 heavy (non-hydrogen) atoms. The molecule has 0 radical (unpaired) electrons. The van der Waals surface area contributed by atoms with Crippen LogP contribution in [-0.2, 0) is 6.42 Å². The third kappa shape index (κ3) is 9.06. The number of unbranched alkanes of at least 4 members (excludes halogenated alkanes) is 6. The first-order valence-electron chi connectivity index (χ1n) is 15.2. The zero-order valence-electron chi connectivity index (χ0n) is 22.6. The highest BCUT2D eigenvalue weighted by Gasteiger charge is 2.31. The molecule has 3 rings (SSSR count). The first-order chi connectivity index (χ1) is 16.7. The number of nitriles is 1. The van der Waals surface area contributed by atoms with Crippen molar-refractivity contribution in [3.05, 3.63) is 35.4 Å². The Hall–Kier alpha value is -1.29. The van der Waals surface area contributed by atoms with E-state index in [1.807, 2.05) is 0 Å². The summed E-state index contributed by atoms with van der Waals surface area (Å²) in [5.74, 6) is 3.47. The fourth-order valence-electron chi connectivity index (χ4n) is 6.89. The number of aryl methyl sites for hydroxylation is 1. The molecule has 0 spiro atoms. The van der Waals surface area contributed by atoms with E-state index in [0.29, 0.717) is 11.8 Å². The molecule has 1 aromatic carbocycles. The van der Waals surface area contributed by atoms with Gasteiger partial charge < -0.3 is 0 Å². The van der Waals surface area contributed by atoms with E-state index in [2.05, 4.69) is 44.2 Å². The molecule has 1 nitrogen and oxygen atoms in total. The molecular formula is C33H53N. The highest BCUT2D eigenvalue weighted by atomic mass is 14.4. The Kier molecular flexibility index (Phi) is 12.6. The maximum atomic E-state index is 9.96. The topological polar surface area (TPSA) is 23.8 Å². The zero-order valence-corrected chi connectivity index (χ0v) is 22.6. The molecular weight excluding hydrogens is 410 g/mol. The standard InChI is InChI=1S/C33H53N/c1-3-5-7-8-10-12-28-13-19-30(20-14-28)31-23-17-29(18-24-31)25-33(26-34)32-21-15-27(16-22-32)11-9-6-4-2/h13-14,19-20,27,29,31-33H,3-12,15-18,21-25H2,1-2H3. The molecule has 190 valence electrons. The molecule has 0 heterocycles. The molecule has 1 atom stereocenters. The Morgan fingerprint density at radius 1 is 0.735 bits per heavy atom. The summed E-state index contributed by atoms with van der Waals surface area (Å²) >= 11 is 0. The number of hydrogen-bond acceptors (Lipinski definition) is 1. The van der Waals surface area contributed by atoms with Crippen LogP contribution in [0.4, 0.5) is 0 Å². The SMILES string of the molecule is CCCCCCCc1ccc(C2CCC(CC(C#N)C3CCC(CCCCC)CC3)CC2)cc1. The predicted molar refractivity (Wildman–Crippen MR) is 147 cm³/mol. The van der Waals surface area contributed by atoms with Crippen molar-refractivity contribution >= 4 is 0 Å². The van der Waals surface area contributed by atoms with Crippen molar-refractivity contribution in [1.29, 1.82) is 5.26 Å². The molecule has 1 aromatic rings. The third-order valence-electron chi connectivity index (χ3n) is 9.30. The monoisotopic (exact) mass is 463 g/mol. The van der Waals surface area contributed by atoms with E-state index in [9.17, 15) is 5.26 Å². The van der Waals surface area contributed by atoms with Gasteiger partial charge in [0.05, 0.1) is 6.07 Å². The highest BCUT2D eigenvalue weighted by Crippen LogP contribution is 2.42. The minimum atomic E-state index is 0.315. The second-order valence-electron chi connectivity index (χ2n) is 11.9. The summed E-state index contributed by atoms with van der Waals surface area (Å²) in [4.78, 5) is 0. The van der Waals surface area contributed by atoms with Crippen LogP contribution in [-0.4, -0.2) is 0 Å². The van der Waals surface area contributed by atoms with Gasteiger partial charge in [-0.2, -0.15) is 5.26 Å². The van der Waals surface area contributed by atoms with Crippen LogP contribution in [0.15, 0.2) is 24.3 Å². The summed E-state index contributed by atoms with van der Waals surface area (Å²) in [6.07, 6.45) is 25.5. The number of rotatable bonds is 14. The van der Waals surface area contributed by atoms with Crippen molar-refractivity contribution in [3.8, 4) is 6.07 Å². The molecule has 2 aliphatic carbocycles. The lowest BCUT2D eigenvalue weighted by Gasteiger charge is -2.34. The molecule has 2 aliphatic rings. The predicted octanol–water partition coefficient (Wildman–Crippen LogP) is 10.4. The van der Waals surface area contributed by atoms with E-state index >= 15 is 0 Å². The molecule has 0 bridgehead atoms. The summed E-state index contributed by atoms with van der Waals surface area (Å²) in [6, 6.07) is 12.4. The molecule has 0 aliphatic heterocycles. The van der Waals surface area contributed by atoms with Gasteiger partial charge in [0.25, 0.3) is 0 Å². The van der Waals surface area contributed by atoms with E-state index in [0.717, 1.165) is 17.8 Å². The molecule has 0 amide bonds. The Morgan fingerprint density at radius 3 is 2.00 bits per heavy atom. The smallest absolute Gasteiger partial charge is 0.0658 e. The first kappa shape index (κ1) is 27.3. The minimum absolute atomic E-state index is 0.315. The van der Waals surface area contributed by atoms with Crippen molar-refractivity contribution in [3.63, 3.8) is 0 Å². The Balaban J connectivity index is 1.36. The number of hydrogen-bond donors (Lipinski definition) is 0. The van der Waals surface area contributed by atoms with Gasteiger partial charge in [-0.15, -0.1) is 0 Å². The lowest BCUT2D eigenvalue weighted by atomic mass is 9.70. The van der Waals surface area contributed by atoms with Gasteiger partial charge in [-0.3, -0.25) is 0 Å². The molecule has 1 heteroatoms. The lowest BCUT2D eigenvalue weighted by Crippen LogP contribution is -2.24. The van der Waals surface area contributed by atoms with E-state index in [1.54, 1.807) is 5.56 Å². The maximum Gasteiger partial charge on any atom is 0.0658 e. The lowest BCUT2D eigenvalue weighted by molar-refractivity contribution is 0.187. The van der Waals surface area contributed by atoms with E-state index in [-0.39, 0.29) is 0 Å². The normalized spacial score (nSPS) is 26.1. The van der Waals surface area contributed by atoms with Crippen molar-refractivity contribution < 1.29 is 0 Å². The van der Waals surface area contributed by atoms with Gasteiger partial charge in [0.15, 0.2) is 0 Å². The van der Waals surface area contributed by atoms with E-state index in [1.165, 1.54) is 128 Å². The first-order valence-corrected chi connectivity index (χ1v) is 15.2. The molecule has 0 N–H and O–H groups in total. The van der Waals surface area contributed by atoms with Gasteiger partial charge >= 0.3 is 0 Å². The van der Waals surface area contributed by atoms with Crippen LogP contribution in [0.25, 0.3) is 0 Å². The summed E-state index contributed by atoms with van der Waals surface area (Å²) < 4.78 is 0. The second-order valence-corrected chi connectivity index (χ2v) is 11.9. The van der Waals surface area contributed by atoms with Gasteiger partial charge in [-0.1, -0.05) is 102 Å². The third-order valence-corrected chi connectivity index (χ3v) is 9.30. The summed E-state index contributed by atoms with van der Waals surface area (Å²) in [5.41, 5.74) is 3.08. The average Bonchev–Trinajstić information content (AvgIpc) is 2.89. The Labute approximate surface area is 212 Å². The molecule has 1 unspecified atom stereocenters. The second kappa shape index (κ2) is 15.7.